The Labute approximate surface area is 458 Å². The molecule has 0 spiro atoms. The summed E-state index contributed by atoms with van der Waals surface area (Å²) in [5.41, 5.74) is 5.91. The second-order valence-corrected chi connectivity index (χ2v) is 19.7. The first-order chi connectivity index (χ1) is 39.3. The molecule has 2 aromatic carbocycles. The van der Waals surface area contributed by atoms with Gasteiger partial charge in [0.2, 0.25) is 23.1 Å². The summed E-state index contributed by atoms with van der Waals surface area (Å²) in [6.07, 6.45) is 10.4. The molecular weight excluding hydrogens is 1040 g/mol. The zero-order valence-corrected chi connectivity index (χ0v) is 44.9. The minimum atomic E-state index is -1.41. The number of nitrogens with zero attached hydrogens (tertiary/aromatic N) is 12. The third-order valence-corrected chi connectivity index (χ3v) is 14.4. The molecule has 2 aliphatic rings. The molecule has 2 unspecified atom stereocenters. The van der Waals surface area contributed by atoms with E-state index < -0.39 is 40.3 Å². The average molecular weight is 1100 g/mol. The van der Waals surface area contributed by atoms with Crippen LogP contribution in [0.4, 0.5) is 8.78 Å². The van der Waals surface area contributed by atoms with Gasteiger partial charge in [0.15, 0.2) is 5.54 Å². The Kier molecular flexibility index (Phi) is 13.1. The van der Waals surface area contributed by atoms with Crippen LogP contribution in [0, 0.1) is 18.6 Å². The van der Waals surface area contributed by atoms with Gasteiger partial charge in [-0.05, 0) is 81.1 Å². The number of aromatic nitrogens is 16. The van der Waals surface area contributed by atoms with Crippen LogP contribution in [0.2, 0.25) is 0 Å². The Morgan fingerprint density at radius 2 is 1.22 bits per heavy atom. The van der Waals surface area contributed by atoms with Crippen LogP contribution in [0.5, 0.6) is 0 Å². The highest BCUT2D eigenvalue weighted by Crippen LogP contribution is 2.47. The Bertz CT molecular complexity index is 4340. The van der Waals surface area contributed by atoms with Gasteiger partial charge in [0, 0.05) is 54.1 Å². The minimum Gasteiger partial charge on any atom is -0.389 e. The molecule has 12 heterocycles. The number of rotatable bonds is 10. The zero-order chi connectivity index (χ0) is 56.3. The van der Waals surface area contributed by atoms with Crippen molar-refractivity contribution in [1.82, 2.24) is 90.0 Å². The summed E-state index contributed by atoms with van der Waals surface area (Å²) in [4.78, 5) is 61.6. The van der Waals surface area contributed by atoms with Crippen molar-refractivity contribution in [3.63, 3.8) is 0 Å². The molecule has 12 aromatic rings. The minimum absolute atomic E-state index is 0.0691. The fourth-order valence-electron chi connectivity index (χ4n) is 10.8. The lowest BCUT2D eigenvalue weighted by Gasteiger charge is -2.38. The fourth-order valence-corrected chi connectivity index (χ4v) is 10.8. The van der Waals surface area contributed by atoms with Gasteiger partial charge in [-0.15, -0.1) is 10.2 Å². The monoisotopic (exact) mass is 1100 g/mol. The molecule has 2 aliphatic heterocycles. The second-order valence-electron chi connectivity index (χ2n) is 19.7. The lowest BCUT2D eigenvalue weighted by atomic mass is 9.79. The average Bonchev–Trinajstić information content (AvgIpc) is 3.97. The molecule has 4 atom stereocenters. The summed E-state index contributed by atoms with van der Waals surface area (Å²) in [6, 6.07) is 20.9. The van der Waals surface area contributed by atoms with Crippen LogP contribution in [-0.4, -0.2) is 79.4 Å². The van der Waals surface area contributed by atoms with Crippen LogP contribution in [0.3, 0.4) is 0 Å². The number of H-pyrrole nitrogens is 4. The fraction of sp³-hybridized carbons (Fsp3) is 0.268. The summed E-state index contributed by atoms with van der Waals surface area (Å²) in [5, 5.41) is 27.3. The lowest BCUT2D eigenvalue weighted by molar-refractivity contribution is 0.264. The Hall–Kier alpha value is -9.75. The number of nitrogens with one attached hydrogen (secondary N) is 6. The maximum Gasteiger partial charge on any atom is 0.437 e. The number of halogens is 2. The Balaban J connectivity index is 0.000000156. The van der Waals surface area contributed by atoms with Gasteiger partial charge in [-0.3, -0.25) is 25.3 Å². The number of benzene rings is 2. The highest BCUT2D eigenvalue weighted by molar-refractivity contribution is 5.87. The highest BCUT2D eigenvalue weighted by Gasteiger charge is 2.54. The first-order valence-electron chi connectivity index (χ1n) is 26.4. The van der Waals surface area contributed by atoms with E-state index in [9.17, 15) is 18.4 Å². The summed E-state index contributed by atoms with van der Waals surface area (Å²) in [7, 11) is 1.83. The molecule has 0 amide bonds. The van der Waals surface area contributed by atoms with Crippen LogP contribution < -0.4 is 22.1 Å². The molecule has 0 radical (unpaired) electrons. The molecule has 10 aromatic heterocycles. The van der Waals surface area contributed by atoms with Gasteiger partial charge in [0.25, 0.3) is 5.89 Å². The van der Waals surface area contributed by atoms with Crippen LogP contribution in [0.15, 0.2) is 133 Å². The van der Waals surface area contributed by atoms with E-state index in [0.717, 1.165) is 50.4 Å². The molecule has 14 rings (SSSR count). The number of imidazole rings is 2. The predicted molar refractivity (Wildman–Crippen MR) is 290 cm³/mol. The predicted octanol–water partition coefficient (Wildman–Crippen LogP) is 7.89. The zero-order valence-electron chi connectivity index (χ0n) is 44.9. The van der Waals surface area contributed by atoms with Gasteiger partial charge >= 0.3 is 11.5 Å². The van der Waals surface area contributed by atoms with Crippen molar-refractivity contribution in [2.24, 2.45) is 7.05 Å². The smallest absolute Gasteiger partial charge is 0.389 e. The van der Waals surface area contributed by atoms with E-state index in [1.807, 2.05) is 83.4 Å². The van der Waals surface area contributed by atoms with Gasteiger partial charge in [0.05, 0.1) is 83.3 Å². The largest absolute Gasteiger partial charge is 0.437 e. The van der Waals surface area contributed by atoms with Gasteiger partial charge in [0.1, 0.15) is 23.3 Å². The van der Waals surface area contributed by atoms with Crippen molar-refractivity contribution in [3.05, 3.63) is 206 Å². The summed E-state index contributed by atoms with van der Waals surface area (Å²) in [5.74, 6) is 0.0994. The summed E-state index contributed by atoms with van der Waals surface area (Å²) in [6.45, 7) is 11.6. The van der Waals surface area contributed by atoms with Crippen LogP contribution in [0.1, 0.15) is 116 Å². The number of aromatic amines is 4. The van der Waals surface area contributed by atoms with E-state index in [0.29, 0.717) is 65.4 Å². The molecule has 0 bridgehead atoms. The number of hydrogen-bond acceptors (Lipinski definition) is 16. The van der Waals surface area contributed by atoms with E-state index in [2.05, 4.69) is 76.9 Å². The summed E-state index contributed by atoms with van der Waals surface area (Å²) < 4.78 is 48.3. The van der Waals surface area contributed by atoms with Crippen LogP contribution in [-0.2, 0) is 37.5 Å². The van der Waals surface area contributed by atoms with Crippen molar-refractivity contribution in [2.75, 3.05) is 0 Å². The molecule has 412 valence electrons. The van der Waals surface area contributed by atoms with Gasteiger partial charge in [-0.25, -0.2) is 28.3 Å². The number of para-hydroxylation sites is 2. The number of fused-ring (bicyclic) bond motifs is 6. The van der Waals surface area contributed by atoms with Crippen molar-refractivity contribution in [3.8, 4) is 22.8 Å². The number of hydrogen-bond donors (Lipinski definition) is 6. The number of aryl methyl sites for hydroxylation is 3. The first-order valence-corrected chi connectivity index (χ1v) is 26.4. The summed E-state index contributed by atoms with van der Waals surface area (Å²) >= 11 is 0. The van der Waals surface area contributed by atoms with E-state index in [1.54, 1.807) is 49.3 Å². The third kappa shape index (κ3) is 8.85. The standard InChI is InChI=1S/C28H26FN9O2.C26H22FN9O3.C2H6/c1-15(2)38-27(39)40-26(36-38)28(16-11-32-37(3)14-16)24-19(18-6-4-5-7-20(18)33-24)10-22(35-28)25-31-13-23(34-25)21-9-8-17(29)12-30-21;1-3-36-25(37)38-24(34-36)26(23-30-13(2)39-35-23)21-16(15-6-4-5-7-17(15)31-21)10-19(33-26)22-29-12-20(32-22)18-9-8-14(27)11-28-18;1-2/h4-9,11-15,22,33,35H,10H2,1-3H3,(H,31,34);4-9,11-12,19,31,33H,3,10H2,1-2H3,(H,29,32);1-2H3/t22-,28?;19-,26?;/m11./s1. The van der Waals surface area contributed by atoms with Gasteiger partial charge < -0.3 is 33.3 Å². The van der Waals surface area contributed by atoms with Crippen LogP contribution in [0.25, 0.3) is 44.6 Å². The SMILES string of the molecule is CC.CC(C)n1nc(C2(c3cnn(C)c3)N[C@@H](c3ncc(-c4ccc(F)cn4)[nH]3)Cc3c2[nH]c2ccccc32)oc1=O.CCn1nc(C2(c3noc(C)n3)N[C@@H](c3ncc(-c4ccc(F)cn4)[nH]3)Cc3c2[nH]c2ccccc32)oc1=O. The quantitative estimate of drug-likeness (QED) is 0.0759. The third-order valence-electron chi connectivity index (χ3n) is 14.4. The molecule has 0 saturated carbocycles. The lowest BCUT2D eigenvalue weighted by Crippen LogP contribution is -2.52. The van der Waals surface area contributed by atoms with E-state index in [1.165, 1.54) is 27.7 Å². The number of pyridine rings is 2. The molecule has 25 heteroatoms. The van der Waals surface area contributed by atoms with Gasteiger partial charge in [-0.1, -0.05) is 55.4 Å². The first kappa shape index (κ1) is 52.0. The van der Waals surface area contributed by atoms with Crippen molar-refractivity contribution < 1.29 is 22.1 Å². The maximum absolute atomic E-state index is 13.5. The van der Waals surface area contributed by atoms with Crippen molar-refractivity contribution in [2.45, 2.75) is 90.1 Å². The van der Waals surface area contributed by atoms with Crippen molar-refractivity contribution >= 4 is 21.8 Å². The van der Waals surface area contributed by atoms with E-state index >= 15 is 0 Å². The van der Waals surface area contributed by atoms with E-state index in [-0.39, 0.29) is 29.7 Å². The topological polar surface area (TPSA) is 292 Å². The van der Waals surface area contributed by atoms with Crippen molar-refractivity contribution in [1.29, 1.82) is 0 Å². The molecule has 6 N–H and O–H groups in total. The molecule has 81 heavy (non-hydrogen) atoms. The molecule has 0 fully saturated rings. The molecule has 0 aliphatic carbocycles. The maximum atomic E-state index is 13.5. The normalized spacial score (nSPS) is 18.6. The molecule has 23 nitrogen and oxygen atoms in total. The molecular formula is C56H54F2N18O5. The van der Waals surface area contributed by atoms with Crippen LogP contribution >= 0.6 is 0 Å². The molecule has 0 saturated heterocycles. The van der Waals surface area contributed by atoms with E-state index in [4.69, 9.17) is 18.5 Å². The second kappa shape index (κ2) is 20.5. The Morgan fingerprint density at radius 1 is 0.679 bits per heavy atom. The highest BCUT2D eigenvalue weighted by atomic mass is 19.1. The Morgan fingerprint density at radius 3 is 1.70 bits per heavy atom. The van der Waals surface area contributed by atoms with Gasteiger partial charge in [-0.2, -0.15) is 19.4 Å².